The molecule has 5 nitrogen and oxygen atoms in total. The van der Waals surface area contributed by atoms with E-state index in [-0.39, 0.29) is 6.42 Å². The third-order valence-electron chi connectivity index (χ3n) is 2.33. The maximum Gasteiger partial charge on any atom is 0.327 e. The fourth-order valence-electron chi connectivity index (χ4n) is 1.48. The van der Waals surface area contributed by atoms with Gasteiger partial charge in [0.2, 0.25) is 11.6 Å². The molecule has 0 fully saturated rings. The van der Waals surface area contributed by atoms with Gasteiger partial charge in [0.1, 0.15) is 0 Å². The highest BCUT2D eigenvalue weighted by Crippen LogP contribution is 2.04. The Balaban J connectivity index is 2.63. The van der Waals surface area contributed by atoms with Gasteiger partial charge in [-0.25, -0.2) is 0 Å². The highest BCUT2D eigenvalue weighted by atomic mass is 16.6. The number of Topliss-reactive ketones (excluding diaryl/α,β-unsaturated/α-hetero) is 2. The second-order valence-corrected chi connectivity index (χ2v) is 3.78. The van der Waals surface area contributed by atoms with E-state index in [4.69, 9.17) is 0 Å². The van der Waals surface area contributed by atoms with E-state index >= 15 is 0 Å². The van der Waals surface area contributed by atoms with Gasteiger partial charge in [-0.05, 0) is 5.56 Å². The minimum absolute atomic E-state index is 0.125. The van der Waals surface area contributed by atoms with Crippen LogP contribution >= 0.6 is 0 Å². The monoisotopic (exact) mass is 247 g/mol. The van der Waals surface area contributed by atoms with Gasteiger partial charge >= 0.3 is 6.04 Å². The molecule has 5 heteroatoms. The fourth-order valence-corrected chi connectivity index (χ4v) is 1.48. The molecule has 0 aliphatic rings. The molecule has 0 bridgehead atoms. The first-order chi connectivity index (χ1) is 8.52. The van der Waals surface area contributed by atoms with Crippen molar-refractivity contribution in [3.8, 4) is 0 Å². The predicted octanol–water partition coefficient (Wildman–Crippen LogP) is 1.89. The van der Waals surface area contributed by atoms with Crippen LogP contribution in [0.1, 0.15) is 18.9 Å². The molecule has 94 valence electrons. The van der Waals surface area contributed by atoms with Gasteiger partial charge in [-0.2, -0.15) is 0 Å². The number of ketones is 2. The lowest BCUT2D eigenvalue weighted by atomic mass is 10.1. The van der Waals surface area contributed by atoms with Crippen LogP contribution in [-0.4, -0.2) is 22.5 Å². The summed E-state index contributed by atoms with van der Waals surface area (Å²) in [5.74, 6) is -1.43. The second kappa shape index (κ2) is 6.44. The van der Waals surface area contributed by atoms with Crippen molar-refractivity contribution in [2.24, 2.45) is 0 Å². The molecule has 0 radical (unpaired) electrons. The number of carbonyl (C=O) groups is 2. The molecule has 0 heterocycles. The summed E-state index contributed by atoms with van der Waals surface area (Å²) < 4.78 is 0. The Morgan fingerprint density at radius 2 is 1.94 bits per heavy atom. The summed E-state index contributed by atoms with van der Waals surface area (Å²) in [5, 5.41) is 10.6. The first-order valence-electron chi connectivity index (χ1n) is 5.40. The number of rotatable bonds is 6. The molecule has 0 saturated heterocycles. The average Bonchev–Trinajstić information content (AvgIpc) is 2.29. The minimum atomic E-state index is -1.74. The first-order valence-corrected chi connectivity index (χ1v) is 5.40. The van der Waals surface area contributed by atoms with Crippen molar-refractivity contribution in [2.45, 2.75) is 19.4 Å². The van der Waals surface area contributed by atoms with Crippen LogP contribution in [0.2, 0.25) is 0 Å². The van der Waals surface area contributed by atoms with Crippen LogP contribution in [-0.2, 0) is 9.59 Å². The van der Waals surface area contributed by atoms with Gasteiger partial charge in [0.25, 0.3) is 0 Å². The SMILES string of the molecule is CC(=O)C(C(=O)CC=Cc1ccccc1)[N+](=O)[O-]. The lowest BCUT2D eigenvalue weighted by molar-refractivity contribution is -0.493. The number of allylic oxidation sites excluding steroid dienone is 1. The quantitative estimate of drug-likeness (QED) is 0.437. The molecule has 0 aromatic heterocycles. The standard InChI is InChI=1S/C13H13NO4/c1-10(15)13(14(17)18)12(16)9-5-8-11-6-3-2-4-7-11/h2-8,13H,9H2,1H3. The first kappa shape index (κ1) is 13.8. The van der Waals surface area contributed by atoms with Crippen LogP contribution in [0.5, 0.6) is 0 Å². The van der Waals surface area contributed by atoms with Crippen molar-refractivity contribution in [3.63, 3.8) is 0 Å². The lowest BCUT2D eigenvalue weighted by Crippen LogP contribution is -2.35. The Morgan fingerprint density at radius 3 is 2.44 bits per heavy atom. The van der Waals surface area contributed by atoms with Crippen LogP contribution in [0.4, 0.5) is 0 Å². The fraction of sp³-hybridized carbons (Fsp3) is 0.231. The summed E-state index contributed by atoms with van der Waals surface area (Å²) in [4.78, 5) is 32.2. The Hall–Kier alpha value is -2.30. The predicted molar refractivity (Wildman–Crippen MR) is 66.6 cm³/mol. The normalized spacial score (nSPS) is 12.3. The molecule has 18 heavy (non-hydrogen) atoms. The van der Waals surface area contributed by atoms with Gasteiger partial charge in [-0.15, -0.1) is 0 Å². The molecule has 1 rings (SSSR count). The van der Waals surface area contributed by atoms with Gasteiger partial charge in [0.05, 0.1) is 0 Å². The number of nitro groups is 1. The minimum Gasteiger partial charge on any atom is -0.292 e. The van der Waals surface area contributed by atoms with Crippen molar-refractivity contribution >= 4 is 17.6 Å². The third kappa shape index (κ3) is 3.93. The zero-order valence-corrected chi connectivity index (χ0v) is 9.91. The van der Waals surface area contributed by atoms with E-state index in [0.29, 0.717) is 0 Å². The number of carbonyl (C=O) groups excluding carboxylic acids is 2. The molecule has 0 aliphatic carbocycles. The summed E-state index contributed by atoms with van der Waals surface area (Å²) in [6, 6.07) is 7.49. The highest BCUT2D eigenvalue weighted by Gasteiger charge is 2.33. The van der Waals surface area contributed by atoms with Gasteiger partial charge < -0.3 is 0 Å². The smallest absolute Gasteiger partial charge is 0.292 e. The van der Waals surface area contributed by atoms with Crippen LogP contribution in [0, 0.1) is 10.1 Å². The van der Waals surface area contributed by atoms with E-state index < -0.39 is 22.5 Å². The summed E-state index contributed by atoms with van der Waals surface area (Å²) >= 11 is 0. The topological polar surface area (TPSA) is 77.3 Å². The summed E-state index contributed by atoms with van der Waals surface area (Å²) in [6.45, 7) is 1.05. The molecular weight excluding hydrogens is 234 g/mol. The molecular formula is C13H13NO4. The summed E-state index contributed by atoms with van der Waals surface area (Å²) in [7, 11) is 0. The third-order valence-corrected chi connectivity index (χ3v) is 2.33. The van der Waals surface area contributed by atoms with Crippen LogP contribution in [0.15, 0.2) is 36.4 Å². The van der Waals surface area contributed by atoms with E-state index in [2.05, 4.69) is 0 Å². The Morgan fingerprint density at radius 1 is 1.33 bits per heavy atom. The van der Waals surface area contributed by atoms with Gasteiger partial charge in [0.15, 0.2) is 0 Å². The molecule has 1 unspecified atom stereocenters. The van der Waals surface area contributed by atoms with Gasteiger partial charge in [-0.1, -0.05) is 42.5 Å². The molecule has 1 atom stereocenters. The maximum absolute atomic E-state index is 11.5. The van der Waals surface area contributed by atoms with Crippen molar-refractivity contribution in [2.75, 3.05) is 0 Å². The molecule has 1 aromatic rings. The Bertz CT molecular complexity index is 465. The molecule has 1 aromatic carbocycles. The number of benzene rings is 1. The van der Waals surface area contributed by atoms with Gasteiger partial charge in [-0.3, -0.25) is 19.7 Å². The van der Waals surface area contributed by atoms with Crippen LogP contribution in [0.3, 0.4) is 0 Å². The molecule has 0 saturated carbocycles. The van der Waals surface area contributed by atoms with Crippen molar-refractivity contribution in [1.82, 2.24) is 0 Å². The Labute approximate surface area is 104 Å². The van der Waals surface area contributed by atoms with E-state index in [1.165, 1.54) is 6.08 Å². The summed E-state index contributed by atoms with van der Waals surface area (Å²) in [5.41, 5.74) is 0.894. The van der Waals surface area contributed by atoms with E-state index in [0.717, 1.165) is 12.5 Å². The maximum atomic E-state index is 11.5. The van der Waals surface area contributed by atoms with E-state index in [1.54, 1.807) is 6.08 Å². The van der Waals surface area contributed by atoms with E-state index in [9.17, 15) is 19.7 Å². The second-order valence-electron chi connectivity index (χ2n) is 3.78. The summed E-state index contributed by atoms with van der Waals surface area (Å²) in [6.07, 6.45) is 3.09. The zero-order valence-electron chi connectivity index (χ0n) is 9.91. The molecule has 0 spiro atoms. The Kier molecular flexibility index (Phi) is 4.92. The van der Waals surface area contributed by atoms with Crippen molar-refractivity contribution in [3.05, 3.63) is 52.1 Å². The molecule has 0 aliphatic heterocycles. The van der Waals surface area contributed by atoms with Crippen LogP contribution < -0.4 is 0 Å². The number of hydrogen-bond acceptors (Lipinski definition) is 4. The highest BCUT2D eigenvalue weighted by molar-refractivity contribution is 6.04. The van der Waals surface area contributed by atoms with Gasteiger partial charge in [0, 0.05) is 18.3 Å². The number of nitrogens with zero attached hydrogens (tertiary/aromatic N) is 1. The largest absolute Gasteiger partial charge is 0.327 e. The zero-order chi connectivity index (χ0) is 13.5. The van der Waals surface area contributed by atoms with Crippen molar-refractivity contribution in [1.29, 1.82) is 0 Å². The van der Waals surface area contributed by atoms with Crippen molar-refractivity contribution < 1.29 is 14.5 Å². The number of hydrogen-bond donors (Lipinski definition) is 0. The molecule has 0 N–H and O–H groups in total. The van der Waals surface area contributed by atoms with Crippen LogP contribution in [0.25, 0.3) is 6.08 Å². The van der Waals surface area contributed by atoms with E-state index in [1.807, 2.05) is 30.3 Å². The molecule has 0 amide bonds. The lowest BCUT2D eigenvalue weighted by Gasteiger charge is -2.02. The average molecular weight is 247 g/mol.